The van der Waals surface area contributed by atoms with Crippen LogP contribution in [0.4, 0.5) is 31.5 Å². The van der Waals surface area contributed by atoms with E-state index < -0.39 is 34.7 Å². The van der Waals surface area contributed by atoms with Gasteiger partial charge in [-0.05, 0) is 93.5 Å². The Kier molecular flexibility index (Phi) is 39.7. The molecule has 4 aromatic carbocycles. The number of carbonyl (C=O) groups excluding carboxylic acids is 3. The molecular weight excluding hydrogens is 1210 g/mol. The van der Waals surface area contributed by atoms with Crippen molar-refractivity contribution in [2.75, 3.05) is 22.6 Å². The fraction of sp³-hybridized carbons (Fsp3) is 0.237. The van der Waals surface area contributed by atoms with E-state index in [0.717, 1.165) is 17.7 Å². The molecule has 0 aliphatic rings. The fourth-order valence-electron chi connectivity index (χ4n) is 3.65. The molecule has 0 fully saturated rings. The molecule has 2 atom stereocenters. The van der Waals surface area contributed by atoms with Crippen LogP contribution in [0.2, 0.25) is 10.0 Å². The zero-order valence-corrected chi connectivity index (χ0v) is 47.1. The molecule has 4 aromatic rings. The number of hydrogen-bond donors (Lipinski definition) is 5. The van der Waals surface area contributed by atoms with Crippen molar-refractivity contribution in [3.63, 3.8) is 0 Å². The normalized spacial score (nSPS) is 11.1. The summed E-state index contributed by atoms with van der Waals surface area (Å²) in [5, 5.41) is 42.4. The smallest absolute Gasteiger partial charge is 1.00 e. The first-order valence-corrected chi connectivity index (χ1v) is 23.4. The van der Waals surface area contributed by atoms with E-state index in [2.05, 4.69) is 83.6 Å². The Balaban J connectivity index is -0.000000254. The number of aryl methyl sites for hydroxylation is 2. The number of nitrogens with one attached hydrogen (secondary N) is 2. The molecule has 322 valence electrons. The Morgan fingerprint density at radius 1 is 0.869 bits per heavy atom. The van der Waals surface area contributed by atoms with Crippen molar-refractivity contribution in [1.29, 1.82) is 0 Å². The number of phenols is 1. The Bertz CT molecular complexity index is 2100. The molecule has 4 rings (SSSR count). The molecule has 61 heavy (non-hydrogen) atoms. The predicted octanol–water partition coefficient (Wildman–Crippen LogP) is 4.53. The molecule has 0 spiro atoms. The van der Waals surface area contributed by atoms with Gasteiger partial charge in [-0.15, -0.1) is 0 Å². The number of rotatable bonds is 9. The van der Waals surface area contributed by atoms with E-state index in [1.807, 2.05) is 0 Å². The van der Waals surface area contributed by atoms with E-state index >= 15 is 0 Å². The van der Waals surface area contributed by atoms with Crippen molar-refractivity contribution >= 4 is 129 Å². The van der Waals surface area contributed by atoms with Crippen LogP contribution in [0.15, 0.2) is 72.8 Å². The number of ether oxygens (including phenoxy) is 1. The molecule has 0 saturated heterocycles. The van der Waals surface area contributed by atoms with Gasteiger partial charge in [0.2, 0.25) is 0 Å². The zero-order chi connectivity index (χ0) is 44.6. The second-order valence-corrected chi connectivity index (χ2v) is 20.7. The number of carbonyl (C=O) groups is 3. The minimum Gasteiger partial charge on any atom is -1.00 e. The Hall–Kier alpha value is -0.247. The molecule has 23 heteroatoms. The second kappa shape index (κ2) is 35.9. The average molecular weight is 1250 g/mol. The molecule has 0 aliphatic carbocycles. The van der Waals surface area contributed by atoms with E-state index in [0.29, 0.717) is 28.3 Å². The molecule has 0 aliphatic heterocycles. The van der Waals surface area contributed by atoms with Crippen molar-refractivity contribution in [1.82, 2.24) is 0 Å². The van der Waals surface area contributed by atoms with Crippen molar-refractivity contribution in [3.8, 4) is 11.5 Å². The third-order valence-electron chi connectivity index (χ3n) is 6.74. The summed E-state index contributed by atoms with van der Waals surface area (Å²) in [6, 6.07) is 17.2. The predicted molar refractivity (Wildman–Crippen MR) is 248 cm³/mol. The first-order valence-electron chi connectivity index (χ1n) is 15.6. The molecule has 0 bridgehead atoms. The third kappa shape index (κ3) is 27.1. The van der Waals surface area contributed by atoms with Crippen molar-refractivity contribution in [2.24, 2.45) is 0 Å². The Morgan fingerprint density at radius 3 is 1.59 bits per heavy atom. The number of hydrogen-bond acceptors (Lipinski definition) is 10. The van der Waals surface area contributed by atoms with Crippen molar-refractivity contribution < 1.29 is 158 Å². The summed E-state index contributed by atoms with van der Waals surface area (Å²) in [7, 11) is 0. The van der Waals surface area contributed by atoms with Gasteiger partial charge in [0.05, 0.1) is 23.2 Å². The molecule has 13 nitrogen and oxygen atoms in total. The number of nitrogens with zero attached hydrogens (tertiary/aromatic N) is 2. The molecule has 0 unspecified atom stereocenters. The fourth-order valence-corrected chi connectivity index (χ4v) is 4.14. The van der Waals surface area contributed by atoms with Crippen molar-refractivity contribution in [2.45, 2.75) is 46.3 Å². The zero-order valence-electron chi connectivity index (χ0n) is 33.7. The van der Waals surface area contributed by atoms with Crippen LogP contribution in [-0.4, -0.2) is 56.7 Å². The van der Waals surface area contributed by atoms with Gasteiger partial charge >= 0.3 is 103 Å². The Morgan fingerprint density at radius 2 is 1.26 bits per heavy atom. The summed E-state index contributed by atoms with van der Waals surface area (Å²) >= 11 is 18.3. The SMILES string of the molecule is C.ISI.O=CO[O-].Oc1ccc(Cl)c(F)c1.[C-]#[N+]c1ccc(NC(=O)[C@@](C)(O)CBr)cc1C.[C-]#[N+]c1ccc(NC(=O)[C@@](C)(O)COc2ccc(Cl)c(F)c2)cc1C.[H-].[K+].[K+]. The number of amides is 2. The number of benzene rings is 4. The summed E-state index contributed by atoms with van der Waals surface area (Å²) in [5.74, 6) is -2.39. The number of phenolic OH excluding ortho intramolecular Hbond substituents is 1. The average Bonchev–Trinajstić information content (AvgIpc) is 3.18. The number of aliphatic hydroxyl groups is 2. The van der Waals surface area contributed by atoms with Gasteiger partial charge in [-0.25, -0.2) is 18.5 Å². The van der Waals surface area contributed by atoms with Gasteiger partial charge < -0.3 is 42.3 Å². The van der Waals surface area contributed by atoms with Gasteiger partial charge in [0.15, 0.2) is 17.0 Å². The summed E-state index contributed by atoms with van der Waals surface area (Å²) in [4.78, 5) is 41.9. The van der Waals surface area contributed by atoms with Crippen LogP contribution < -0.4 is 123 Å². The second-order valence-electron chi connectivity index (χ2n) is 11.5. The topological polar surface area (TPSA) is 186 Å². The van der Waals surface area contributed by atoms with Crippen LogP contribution >= 0.6 is 87.6 Å². The van der Waals surface area contributed by atoms with E-state index in [9.17, 15) is 28.6 Å². The van der Waals surface area contributed by atoms with Crippen LogP contribution in [0.5, 0.6) is 11.5 Å². The largest absolute Gasteiger partial charge is 1.00 e. The molecular formula is C38H39BrCl2F2I2K2N4O9S. The maximum Gasteiger partial charge on any atom is 1.00 e. The Labute approximate surface area is 487 Å². The van der Waals surface area contributed by atoms with Gasteiger partial charge in [-0.2, -0.15) is 0 Å². The van der Waals surface area contributed by atoms with Gasteiger partial charge in [0.1, 0.15) is 35.3 Å². The molecule has 0 heterocycles. The van der Waals surface area contributed by atoms with Gasteiger partial charge in [-0.1, -0.05) is 58.7 Å². The standard InChI is InChI=1S/C18H16ClFN2O3.C12H13BrN2O2.C6H4ClFO.CH2O3.CH4.I2S.2K.H/c1-11-8-12(4-7-16(11)21-3)22-17(23)18(2,24)10-25-13-5-6-14(19)15(20)9-13;1-8-6-9(4-5-10(8)14-3)15-11(16)12(2,17)7-13;7-5-2-1-4(9)3-6(5)8;2-1-4-3;;1-3-2;;;/h4-9,24H,10H2,1-2H3,(H,22,23);4-6,17H,7H2,1-2H3,(H,15,16);1-3,9H;1,3H;1H4;;;;/q;;;;;;2*+1;-1/p-1/t18-;12-;;;;;;;/m00......./s1. The minimum atomic E-state index is -1.84. The number of anilines is 2. The summed E-state index contributed by atoms with van der Waals surface area (Å²) in [5.41, 5.74) is 0.257. The van der Waals surface area contributed by atoms with Crippen LogP contribution in [0.1, 0.15) is 33.8 Å². The molecule has 2 amide bonds. The summed E-state index contributed by atoms with van der Waals surface area (Å²) < 4.78 is 30.9. The minimum absolute atomic E-state index is 0. The van der Waals surface area contributed by atoms with Gasteiger partial charge in [0, 0.05) is 71.2 Å². The van der Waals surface area contributed by atoms with Crippen LogP contribution in [0.3, 0.4) is 0 Å². The summed E-state index contributed by atoms with van der Waals surface area (Å²) in [6.45, 7) is 19.6. The van der Waals surface area contributed by atoms with E-state index in [-0.39, 0.29) is 152 Å². The number of alkyl halides is 1. The monoisotopic (exact) mass is 1250 g/mol. The van der Waals surface area contributed by atoms with Gasteiger partial charge in [-0.3, -0.25) is 14.4 Å². The molecule has 0 saturated carbocycles. The van der Waals surface area contributed by atoms with E-state index in [4.69, 9.17) is 56.2 Å². The number of aromatic hydroxyl groups is 1. The summed E-state index contributed by atoms with van der Waals surface area (Å²) in [6.07, 6.45) is 1.69. The first-order chi connectivity index (χ1) is 27.2. The van der Waals surface area contributed by atoms with E-state index in [1.165, 1.54) is 38.1 Å². The third-order valence-corrected chi connectivity index (χ3v) is 8.45. The maximum absolute atomic E-state index is 13.4. The van der Waals surface area contributed by atoms with Crippen LogP contribution in [0, 0.1) is 38.6 Å². The number of halogens is 7. The maximum atomic E-state index is 13.4. The van der Waals surface area contributed by atoms with E-state index in [1.54, 1.807) is 56.4 Å². The van der Waals surface area contributed by atoms with Crippen molar-refractivity contribution in [3.05, 3.63) is 128 Å². The van der Waals surface area contributed by atoms with Crippen LogP contribution in [-0.2, 0) is 19.3 Å². The van der Waals surface area contributed by atoms with Gasteiger partial charge in [0.25, 0.3) is 18.3 Å². The molecule has 5 N–H and O–H groups in total. The quantitative estimate of drug-likeness (QED) is 0.0304. The first kappa shape index (κ1) is 67.3. The van der Waals surface area contributed by atoms with Crippen LogP contribution in [0.25, 0.3) is 9.69 Å². The molecule has 0 radical (unpaired) electrons. The molecule has 0 aromatic heterocycles.